The SMILES string of the molecule is C1=C(c2[nH]nc3nccnc23)CCNC1. The van der Waals surface area contributed by atoms with Crippen molar-refractivity contribution < 1.29 is 0 Å². The number of fused-ring (bicyclic) bond motifs is 1. The van der Waals surface area contributed by atoms with E-state index in [-0.39, 0.29) is 0 Å². The molecule has 0 fully saturated rings. The molecule has 2 aromatic heterocycles. The van der Waals surface area contributed by atoms with Crippen molar-refractivity contribution in [3.8, 4) is 0 Å². The van der Waals surface area contributed by atoms with E-state index in [0.717, 1.165) is 30.7 Å². The average Bonchev–Trinajstić information content (AvgIpc) is 2.74. The molecule has 0 aliphatic carbocycles. The van der Waals surface area contributed by atoms with Gasteiger partial charge in [0.25, 0.3) is 0 Å². The molecule has 0 spiro atoms. The summed E-state index contributed by atoms with van der Waals surface area (Å²) < 4.78 is 0. The Morgan fingerprint density at radius 2 is 2.13 bits per heavy atom. The lowest BCUT2D eigenvalue weighted by Gasteiger charge is -2.12. The average molecular weight is 201 g/mol. The fourth-order valence-electron chi connectivity index (χ4n) is 1.82. The molecule has 2 N–H and O–H groups in total. The lowest BCUT2D eigenvalue weighted by molar-refractivity contribution is 0.736. The summed E-state index contributed by atoms with van der Waals surface area (Å²) in [4.78, 5) is 8.45. The van der Waals surface area contributed by atoms with Gasteiger partial charge in [-0.15, -0.1) is 0 Å². The van der Waals surface area contributed by atoms with Gasteiger partial charge in [-0.1, -0.05) is 6.08 Å². The fraction of sp³-hybridized carbons (Fsp3) is 0.300. The van der Waals surface area contributed by atoms with E-state index in [4.69, 9.17) is 0 Å². The molecule has 0 radical (unpaired) electrons. The molecule has 2 aromatic rings. The van der Waals surface area contributed by atoms with Crippen LogP contribution in [0.25, 0.3) is 16.7 Å². The highest BCUT2D eigenvalue weighted by Crippen LogP contribution is 2.22. The molecule has 3 heterocycles. The molecule has 0 saturated heterocycles. The Bertz CT molecular complexity index is 513. The third-order valence-electron chi connectivity index (χ3n) is 2.57. The van der Waals surface area contributed by atoms with Crippen molar-refractivity contribution in [2.24, 2.45) is 0 Å². The highest BCUT2D eigenvalue weighted by molar-refractivity contribution is 5.84. The normalized spacial score (nSPS) is 16.7. The van der Waals surface area contributed by atoms with Crippen LogP contribution in [0, 0.1) is 0 Å². The van der Waals surface area contributed by atoms with Gasteiger partial charge in [0, 0.05) is 18.9 Å². The summed E-state index contributed by atoms with van der Waals surface area (Å²) in [6.07, 6.45) is 6.53. The molecule has 3 rings (SSSR count). The first kappa shape index (κ1) is 8.55. The van der Waals surface area contributed by atoms with Crippen LogP contribution in [0.1, 0.15) is 12.1 Å². The van der Waals surface area contributed by atoms with Gasteiger partial charge in [-0.25, -0.2) is 9.97 Å². The van der Waals surface area contributed by atoms with Crippen molar-refractivity contribution in [3.63, 3.8) is 0 Å². The molecule has 1 aliphatic heterocycles. The fourth-order valence-corrected chi connectivity index (χ4v) is 1.82. The molecule has 0 aromatic carbocycles. The van der Waals surface area contributed by atoms with Crippen molar-refractivity contribution >= 4 is 16.7 Å². The predicted molar refractivity (Wildman–Crippen MR) is 57.1 cm³/mol. The van der Waals surface area contributed by atoms with Crippen LogP contribution in [0.4, 0.5) is 0 Å². The highest BCUT2D eigenvalue weighted by atomic mass is 15.2. The molecule has 1 aliphatic rings. The first-order valence-electron chi connectivity index (χ1n) is 5.00. The Balaban J connectivity index is 2.14. The van der Waals surface area contributed by atoms with Gasteiger partial charge in [0.05, 0.1) is 5.69 Å². The minimum atomic E-state index is 0.687. The van der Waals surface area contributed by atoms with Crippen molar-refractivity contribution in [1.82, 2.24) is 25.5 Å². The zero-order chi connectivity index (χ0) is 10.1. The van der Waals surface area contributed by atoms with E-state index in [1.165, 1.54) is 5.57 Å². The van der Waals surface area contributed by atoms with E-state index in [1.807, 2.05) is 0 Å². The lowest BCUT2D eigenvalue weighted by Crippen LogP contribution is -2.20. The summed E-state index contributed by atoms with van der Waals surface area (Å²) in [5.41, 5.74) is 3.84. The Hall–Kier alpha value is -1.75. The minimum absolute atomic E-state index is 0.687. The molecular weight excluding hydrogens is 190 g/mol. The van der Waals surface area contributed by atoms with Gasteiger partial charge in [0.2, 0.25) is 0 Å². The number of hydrogen-bond acceptors (Lipinski definition) is 4. The Labute approximate surface area is 86.6 Å². The van der Waals surface area contributed by atoms with Crippen molar-refractivity contribution in [2.45, 2.75) is 6.42 Å². The van der Waals surface area contributed by atoms with E-state index in [0.29, 0.717) is 5.65 Å². The molecule has 0 saturated carbocycles. The maximum atomic E-state index is 4.30. The lowest BCUT2D eigenvalue weighted by atomic mass is 10.1. The molecule has 0 bridgehead atoms. The van der Waals surface area contributed by atoms with Crippen molar-refractivity contribution in [1.29, 1.82) is 0 Å². The molecule has 5 nitrogen and oxygen atoms in total. The van der Waals surface area contributed by atoms with Crippen molar-refractivity contribution in [3.05, 3.63) is 24.2 Å². The van der Waals surface area contributed by atoms with Crippen molar-refractivity contribution in [2.75, 3.05) is 13.1 Å². The zero-order valence-corrected chi connectivity index (χ0v) is 8.20. The molecule has 0 atom stereocenters. The second-order valence-corrected chi connectivity index (χ2v) is 3.51. The van der Waals surface area contributed by atoms with Crippen LogP contribution in [-0.2, 0) is 0 Å². The number of aromatic amines is 1. The largest absolute Gasteiger partial charge is 0.313 e. The van der Waals surface area contributed by atoms with Gasteiger partial charge in [-0.05, 0) is 18.5 Å². The molecule has 76 valence electrons. The Morgan fingerprint density at radius 3 is 3.00 bits per heavy atom. The van der Waals surface area contributed by atoms with Gasteiger partial charge < -0.3 is 5.32 Å². The number of aromatic nitrogens is 4. The van der Waals surface area contributed by atoms with Crippen LogP contribution in [0.5, 0.6) is 0 Å². The molecule has 0 unspecified atom stereocenters. The minimum Gasteiger partial charge on any atom is -0.313 e. The summed E-state index contributed by atoms with van der Waals surface area (Å²) in [6, 6.07) is 0. The standard InChI is InChI=1S/C10H11N5/c1-3-11-4-2-7(1)8-9-10(15-14-8)13-6-5-12-9/h1,5-6,11H,2-4H2,(H,13,14,15). The van der Waals surface area contributed by atoms with Crippen LogP contribution < -0.4 is 5.32 Å². The van der Waals surface area contributed by atoms with Gasteiger partial charge >= 0.3 is 0 Å². The maximum absolute atomic E-state index is 4.30. The summed E-state index contributed by atoms with van der Waals surface area (Å²) in [7, 11) is 0. The topological polar surface area (TPSA) is 66.5 Å². The van der Waals surface area contributed by atoms with Gasteiger partial charge in [-0.2, -0.15) is 5.10 Å². The van der Waals surface area contributed by atoms with Crippen LogP contribution in [0.3, 0.4) is 0 Å². The Kier molecular flexibility index (Phi) is 1.96. The number of H-pyrrole nitrogens is 1. The van der Waals surface area contributed by atoms with Crippen LogP contribution in [0.15, 0.2) is 18.5 Å². The van der Waals surface area contributed by atoms with E-state index in [2.05, 4.69) is 31.6 Å². The molecule has 5 heteroatoms. The van der Waals surface area contributed by atoms with E-state index < -0.39 is 0 Å². The van der Waals surface area contributed by atoms with E-state index in [9.17, 15) is 0 Å². The third kappa shape index (κ3) is 1.41. The third-order valence-corrected chi connectivity index (χ3v) is 2.57. The number of hydrogen-bond donors (Lipinski definition) is 2. The smallest absolute Gasteiger partial charge is 0.200 e. The second kappa shape index (κ2) is 3.43. The second-order valence-electron chi connectivity index (χ2n) is 3.51. The molecule has 15 heavy (non-hydrogen) atoms. The summed E-state index contributed by atoms with van der Waals surface area (Å²) in [5, 5.41) is 10.4. The number of rotatable bonds is 1. The van der Waals surface area contributed by atoms with Crippen LogP contribution in [0.2, 0.25) is 0 Å². The van der Waals surface area contributed by atoms with E-state index in [1.54, 1.807) is 12.4 Å². The highest BCUT2D eigenvalue weighted by Gasteiger charge is 2.13. The zero-order valence-electron chi connectivity index (χ0n) is 8.20. The number of nitrogens with one attached hydrogen (secondary N) is 2. The first-order chi connectivity index (χ1) is 7.45. The quantitative estimate of drug-likeness (QED) is 0.713. The summed E-state index contributed by atoms with van der Waals surface area (Å²) >= 11 is 0. The van der Waals surface area contributed by atoms with E-state index >= 15 is 0 Å². The first-order valence-corrected chi connectivity index (χ1v) is 5.00. The number of nitrogens with zero attached hydrogens (tertiary/aromatic N) is 3. The Morgan fingerprint density at radius 1 is 1.20 bits per heavy atom. The summed E-state index contributed by atoms with van der Waals surface area (Å²) in [5.74, 6) is 0. The molecular formula is C10H11N5. The summed E-state index contributed by atoms with van der Waals surface area (Å²) in [6.45, 7) is 1.92. The van der Waals surface area contributed by atoms with Gasteiger partial charge in [-0.3, -0.25) is 5.10 Å². The van der Waals surface area contributed by atoms with Crippen LogP contribution in [-0.4, -0.2) is 33.3 Å². The predicted octanol–water partition coefficient (Wildman–Crippen LogP) is 0.730. The van der Waals surface area contributed by atoms with Gasteiger partial charge in [0.1, 0.15) is 5.52 Å². The maximum Gasteiger partial charge on any atom is 0.200 e. The molecule has 0 amide bonds. The van der Waals surface area contributed by atoms with Crippen LogP contribution >= 0.6 is 0 Å². The monoisotopic (exact) mass is 201 g/mol. The van der Waals surface area contributed by atoms with Gasteiger partial charge in [0.15, 0.2) is 5.65 Å².